The van der Waals surface area contributed by atoms with Crippen molar-refractivity contribution in [1.82, 2.24) is 4.90 Å². The maximum atomic E-state index is 11.3. The van der Waals surface area contributed by atoms with Crippen LogP contribution in [0.4, 0.5) is 0 Å². The van der Waals surface area contributed by atoms with Gasteiger partial charge in [0.05, 0.1) is 5.92 Å². The molecule has 0 amide bonds. The molecule has 17 heavy (non-hydrogen) atoms. The molecule has 1 aliphatic heterocycles. The second-order valence-electron chi connectivity index (χ2n) is 5.02. The topological polar surface area (TPSA) is 40.5 Å². The predicted molar refractivity (Wildman–Crippen MR) is 67.0 cm³/mol. The van der Waals surface area contributed by atoms with Crippen LogP contribution >= 0.6 is 0 Å². The summed E-state index contributed by atoms with van der Waals surface area (Å²) in [5.41, 5.74) is 3.57. The molecule has 1 aromatic carbocycles. The number of aliphatic carboxylic acids is 1. The van der Waals surface area contributed by atoms with Crippen molar-refractivity contribution in [1.29, 1.82) is 0 Å². The SMILES string of the molecule is Cc1ccc(C2C(C(=O)O)CCN2C)c(C)c1. The molecular weight excluding hydrogens is 214 g/mol. The number of carboxylic acids is 1. The van der Waals surface area contributed by atoms with Crippen LogP contribution in [-0.4, -0.2) is 29.6 Å². The maximum absolute atomic E-state index is 11.3. The van der Waals surface area contributed by atoms with Gasteiger partial charge in [-0.25, -0.2) is 0 Å². The second-order valence-corrected chi connectivity index (χ2v) is 5.02. The van der Waals surface area contributed by atoms with Gasteiger partial charge in [0, 0.05) is 6.04 Å². The van der Waals surface area contributed by atoms with Crippen molar-refractivity contribution >= 4 is 5.97 Å². The zero-order chi connectivity index (χ0) is 12.6. The highest BCUT2D eigenvalue weighted by atomic mass is 16.4. The van der Waals surface area contributed by atoms with Crippen molar-refractivity contribution in [2.75, 3.05) is 13.6 Å². The fraction of sp³-hybridized carbons (Fsp3) is 0.500. The van der Waals surface area contributed by atoms with Crippen LogP contribution in [0.3, 0.4) is 0 Å². The summed E-state index contributed by atoms with van der Waals surface area (Å²) in [7, 11) is 2.01. The van der Waals surface area contributed by atoms with Gasteiger partial charge in [-0.05, 0) is 45.0 Å². The van der Waals surface area contributed by atoms with E-state index in [9.17, 15) is 9.90 Å². The summed E-state index contributed by atoms with van der Waals surface area (Å²) in [5.74, 6) is -0.958. The van der Waals surface area contributed by atoms with Crippen LogP contribution in [0.2, 0.25) is 0 Å². The van der Waals surface area contributed by atoms with Crippen molar-refractivity contribution in [3.8, 4) is 0 Å². The van der Waals surface area contributed by atoms with Crippen molar-refractivity contribution in [3.63, 3.8) is 0 Å². The standard InChI is InChI=1S/C14H19NO2/c1-9-4-5-11(10(2)8-9)13-12(14(16)17)6-7-15(13)3/h4-5,8,12-13H,6-7H2,1-3H3,(H,16,17). The van der Waals surface area contributed by atoms with Gasteiger partial charge in [-0.1, -0.05) is 23.8 Å². The first kappa shape index (κ1) is 12.1. The Kier molecular flexibility index (Phi) is 3.20. The van der Waals surface area contributed by atoms with Crippen LogP contribution in [0.1, 0.15) is 29.2 Å². The van der Waals surface area contributed by atoms with Crippen LogP contribution in [0, 0.1) is 19.8 Å². The number of hydrogen-bond donors (Lipinski definition) is 1. The molecule has 1 fully saturated rings. The summed E-state index contributed by atoms with van der Waals surface area (Å²) >= 11 is 0. The zero-order valence-electron chi connectivity index (χ0n) is 10.6. The van der Waals surface area contributed by atoms with Gasteiger partial charge in [0.2, 0.25) is 0 Å². The normalized spacial score (nSPS) is 25.1. The van der Waals surface area contributed by atoms with Crippen LogP contribution in [-0.2, 0) is 4.79 Å². The van der Waals surface area contributed by atoms with E-state index in [1.54, 1.807) is 0 Å². The number of likely N-dealkylation sites (tertiary alicyclic amines) is 1. The number of carbonyl (C=O) groups is 1. The third-order valence-electron chi connectivity index (χ3n) is 3.71. The molecule has 0 saturated carbocycles. The molecule has 1 N–H and O–H groups in total. The van der Waals surface area contributed by atoms with Gasteiger partial charge in [0.1, 0.15) is 0 Å². The molecule has 2 atom stereocenters. The van der Waals surface area contributed by atoms with Gasteiger partial charge in [-0.2, -0.15) is 0 Å². The quantitative estimate of drug-likeness (QED) is 0.852. The van der Waals surface area contributed by atoms with E-state index in [2.05, 4.69) is 36.9 Å². The van der Waals surface area contributed by atoms with E-state index in [1.165, 1.54) is 11.1 Å². The Bertz CT molecular complexity index is 442. The van der Waals surface area contributed by atoms with Crippen molar-refractivity contribution in [3.05, 3.63) is 34.9 Å². The Labute approximate surface area is 102 Å². The number of aryl methyl sites for hydroxylation is 2. The Balaban J connectivity index is 2.39. The lowest BCUT2D eigenvalue weighted by molar-refractivity contribution is -0.142. The number of hydrogen-bond acceptors (Lipinski definition) is 2. The Morgan fingerprint density at radius 3 is 2.71 bits per heavy atom. The third kappa shape index (κ3) is 2.20. The zero-order valence-corrected chi connectivity index (χ0v) is 10.6. The molecule has 0 radical (unpaired) electrons. The van der Waals surface area contributed by atoms with E-state index in [4.69, 9.17) is 0 Å². The third-order valence-corrected chi connectivity index (χ3v) is 3.71. The first-order valence-corrected chi connectivity index (χ1v) is 6.01. The van der Waals surface area contributed by atoms with Gasteiger partial charge in [0.15, 0.2) is 0 Å². The molecule has 3 heteroatoms. The number of nitrogens with zero attached hydrogens (tertiary/aromatic N) is 1. The monoisotopic (exact) mass is 233 g/mol. The van der Waals surface area contributed by atoms with E-state index < -0.39 is 5.97 Å². The molecule has 1 saturated heterocycles. The summed E-state index contributed by atoms with van der Waals surface area (Å²) < 4.78 is 0. The molecule has 0 aliphatic carbocycles. The van der Waals surface area contributed by atoms with E-state index in [0.717, 1.165) is 18.5 Å². The summed E-state index contributed by atoms with van der Waals surface area (Å²) in [6.07, 6.45) is 0.740. The Morgan fingerprint density at radius 1 is 1.41 bits per heavy atom. The highest BCUT2D eigenvalue weighted by molar-refractivity contribution is 5.72. The summed E-state index contributed by atoms with van der Waals surface area (Å²) in [6.45, 7) is 4.98. The van der Waals surface area contributed by atoms with Crippen LogP contribution in [0.25, 0.3) is 0 Å². The molecular formula is C14H19NO2. The van der Waals surface area contributed by atoms with Gasteiger partial charge < -0.3 is 5.11 Å². The first-order valence-electron chi connectivity index (χ1n) is 6.01. The minimum Gasteiger partial charge on any atom is -0.481 e. The summed E-state index contributed by atoms with van der Waals surface area (Å²) in [4.78, 5) is 13.4. The molecule has 2 unspecified atom stereocenters. The lowest BCUT2D eigenvalue weighted by atomic mass is 9.90. The average molecular weight is 233 g/mol. The van der Waals surface area contributed by atoms with Crippen molar-refractivity contribution in [2.24, 2.45) is 5.92 Å². The molecule has 2 rings (SSSR count). The van der Waals surface area contributed by atoms with E-state index in [0.29, 0.717) is 0 Å². The lowest BCUT2D eigenvalue weighted by Crippen LogP contribution is -2.25. The van der Waals surface area contributed by atoms with Gasteiger partial charge in [-0.15, -0.1) is 0 Å². The average Bonchev–Trinajstić information content (AvgIpc) is 2.60. The molecule has 1 aliphatic rings. The summed E-state index contributed by atoms with van der Waals surface area (Å²) in [6, 6.07) is 6.29. The number of benzene rings is 1. The molecule has 0 bridgehead atoms. The highest BCUT2D eigenvalue weighted by Crippen LogP contribution is 2.37. The molecule has 92 valence electrons. The van der Waals surface area contributed by atoms with Gasteiger partial charge >= 0.3 is 5.97 Å². The van der Waals surface area contributed by atoms with Crippen molar-refractivity contribution in [2.45, 2.75) is 26.3 Å². The molecule has 1 heterocycles. The van der Waals surface area contributed by atoms with E-state index in [1.807, 2.05) is 7.05 Å². The Morgan fingerprint density at radius 2 is 2.12 bits per heavy atom. The highest BCUT2D eigenvalue weighted by Gasteiger charge is 2.38. The van der Waals surface area contributed by atoms with Crippen LogP contribution < -0.4 is 0 Å². The number of carboxylic acid groups (broad SMARTS) is 1. The minimum atomic E-state index is -0.681. The number of rotatable bonds is 2. The lowest BCUT2D eigenvalue weighted by Gasteiger charge is -2.25. The molecule has 3 nitrogen and oxygen atoms in total. The minimum absolute atomic E-state index is 0.0214. The van der Waals surface area contributed by atoms with Gasteiger partial charge in [-0.3, -0.25) is 9.69 Å². The fourth-order valence-electron chi connectivity index (χ4n) is 2.82. The van der Waals surface area contributed by atoms with Gasteiger partial charge in [0.25, 0.3) is 0 Å². The van der Waals surface area contributed by atoms with E-state index >= 15 is 0 Å². The first-order chi connectivity index (χ1) is 8.00. The Hall–Kier alpha value is -1.35. The largest absolute Gasteiger partial charge is 0.481 e. The van der Waals surface area contributed by atoms with Crippen LogP contribution in [0.5, 0.6) is 0 Å². The molecule has 1 aromatic rings. The second kappa shape index (κ2) is 4.49. The smallest absolute Gasteiger partial charge is 0.308 e. The van der Waals surface area contributed by atoms with Crippen LogP contribution in [0.15, 0.2) is 18.2 Å². The van der Waals surface area contributed by atoms with Crippen molar-refractivity contribution < 1.29 is 9.90 Å². The fourth-order valence-corrected chi connectivity index (χ4v) is 2.82. The maximum Gasteiger partial charge on any atom is 0.308 e. The summed E-state index contributed by atoms with van der Waals surface area (Å²) in [5, 5.41) is 9.28. The molecule has 0 aromatic heterocycles. The molecule has 0 spiro atoms. The predicted octanol–water partition coefficient (Wildman–Crippen LogP) is 2.38. The van der Waals surface area contributed by atoms with E-state index in [-0.39, 0.29) is 12.0 Å².